The van der Waals surface area contributed by atoms with E-state index in [2.05, 4.69) is 10.2 Å². The van der Waals surface area contributed by atoms with Gasteiger partial charge in [-0.15, -0.1) is 5.10 Å². The van der Waals surface area contributed by atoms with Gasteiger partial charge in [0.15, 0.2) is 17.3 Å². The zero-order valence-electron chi connectivity index (χ0n) is 14.9. The summed E-state index contributed by atoms with van der Waals surface area (Å²) in [6.07, 6.45) is 0. The van der Waals surface area contributed by atoms with E-state index in [1.165, 1.54) is 10.6 Å². The van der Waals surface area contributed by atoms with E-state index in [0.717, 1.165) is 5.56 Å². The standard InChI is InChI=1S/C19H19N3O5/c1-10(2)12-6-13(15(24)7-14(12)23)18-20-21-19(25)22(18)8-11-3-4-16-17(5-11)27-9-26-16/h3-7,10,23-24H,8-9H2,1-2H3,(H,21,25). The highest BCUT2D eigenvalue weighted by Gasteiger charge is 2.21. The van der Waals surface area contributed by atoms with Gasteiger partial charge in [-0.2, -0.15) is 0 Å². The van der Waals surface area contributed by atoms with Gasteiger partial charge < -0.3 is 24.8 Å². The Morgan fingerprint density at radius 2 is 1.78 bits per heavy atom. The molecule has 0 saturated heterocycles. The molecule has 1 aromatic heterocycles. The third-order valence-corrected chi connectivity index (χ3v) is 4.52. The van der Waals surface area contributed by atoms with Crippen molar-refractivity contribution in [2.75, 3.05) is 6.79 Å². The normalized spacial score (nSPS) is 12.7. The third-order valence-electron chi connectivity index (χ3n) is 4.52. The molecule has 0 unspecified atom stereocenters. The highest BCUT2D eigenvalue weighted by molar-refractivity contribution is 5.68. The van der Waals surface area contributed by atoms with Crippen LogP contribution in [0.15, 0.2) is 30.3 Å². The summed E-state index contributed by atoms with van der Waals surface area (Å²) >= 11 is 0. The van der Waals surface area contributed by atoms with Gasteiger partial charge in [-0.1, -0.05) is 25.0 Å². The van der Waals surface area contributed by atoms with Gasteiger partial charge in [0.25, 0.3) is 0 Å². The number of aromatic nitrogens is 3. The van der Waals surface area contributed by atoms with E-state index in [-0.39, 0.29) is 36.8 Å². The number of benzene rings is 2. The van der Waals surface area contributed by atoms with Crippen LogP contribution < -0.4 is 9.47 Å². The van der Waals surface area contributed by atoms with Crippen molar-refractivity contribution in [2.45, 2.75) is 26.3 Å². The summed E-state index contributed by atoms with van der Waals surface area (Å²) < 4.78 is 12.2. The molecule has 0 radical (unpaired) electrons. The van der Waals surface area contributed by atoms with Crippen molar-refractivity contribution >= 4 is 0 Å². The topological polar surface area (TPSA) is 110 Å². The first-order valence-electron chi connectivity index (χ1n) is 8.51. The van der Waals surface area contributed by atoms with Gasteiger partial charge in [-0.3, -0.25) is 4.57 Å². The van der Waals surface area contributed by atoms with Crippen molar-refractivity contribution in [1.29, 1.82) is 0 Å². The number of hydrogen-bond acceptors (Lipinski definition) is 7. The highest BCUT2D eigenvalue weighted by Crippen LogP contribution is 2.38. The highest BCUT2D eigenvalue weighted by atomic mass is 16.7. The Hall–Kier alpha value is -3.42. The Morgan fingerprint density at radius 1 is 1.00 bits per heavy atom. The molecule has 0 bridgehead atoms. The lowest BCUT2D eigenvalue weighted by Gasteiger charge is -2.13. The summed E-state index contributed by atoms with van der Waals surface area (Å²) in [7, 11) is 0. The van der Waals surface area contributed by atoms with Crippen LogP contribution in [0, 0.1) is 0 Å². The van der Waals surface area contributed by atoms with E-state index in [1.807, 2.05) is 26.0 Å². The second kappa shape index (κ2) is 6.39. The first-order chi connectivity index (χ1) is 12.9. The summed E-state index contributed by atoms with van der Waals surface area (Å²) in [5.41, 5.74) is 1.89. The van der Waals surface area contributed by atoms with E-state index in [9.17, 15) is 15.3 Å². The summed E-state index contributed by atoms with van der Waals surface area (Å²) in [5.74, 6) is 1.52. The van der Waals surface area contributed by atoms with Crippen molar-refractivity contribution in [3.63, 3.8) is 0 Å². The number of aromatic hydroxyl groups is 3. The van der Waals surface area contributed by atoms with Crippen LogP contribution >= 0.6 is 0 Å². The molecule has 3 aromatic rings. The van der Waals surface area contributed by atoms with Gasteiger partial charge >= 0.3 is 6.01 Å². The second-order valence-corrected chi connectivity index (χ2v) is 6.68. The zero-order valence-corrected chi connectivity index (χ0v) is 14.9. The molecule has 0 spiro atoms. The molecule has 1 aliphatic rings. The summed E-state index contributed by atoms with van der Waals surface area (Å²) in [5, 5.41) is 38.3. The van der Waals surface area contributed by atoms with Gasteiger partial charge in [-0.25, -0.2) is 0 Å². The van der Waals surface area contributed by atoms with Gasteiger partial charge in [0.1, 0.15) is 11.5 Å². The van der Waals surface area contributed by atoms with Crippen LogP contribution in [0.2, 0.25) is 0 Å². The van der Waals surface area contributed by atoms with Crippen LogP contribution in [0.4, 0.5) is 0 Å². The van der Waals surface area contributed by atoms with Crippen LogP contribution in [0.1, 0.15) is 30.9 Å². The van der Waals surface area contributed by atoms with E-state index in [0.29, 0.717) is 28.5 Å². The molecule has 27 heavy (non-hydrogen) atoms. The van der Waals surface area contributed by atoms with Crippen molar-refractivity contribution in [2.24, 2.45) is 0 Å². The van der Waals surface area contributed by atoms with Crippen LogP contribution in [0.5, 0.6) is 29.0 Å². The van der Waals surface area contributed by atoms with Gasteiger partial charge in [-0.05, 0) is 35.2 Å². The average molecular weight is 369 g/mol. The summed E-state index contributed by atoms with van der Waals surface area (Å²) in [4.78, 5) is 0. The molecule has 3 N–H and O–H groups in total. The van der Waals surface area contributed by atoms with Crippen molar-refractivity contribution in [3.8, 4) is 40.4 Å². The monoisotopic (exact) mass is 369 g/mol. The van der Waals surface area contributed by atoms with Crippen LogP contribution in [-0.4, -0.2) is 36.9 Å². The molecule has 2 heterocycles. The zero-order chi connectivity index (χ0) is 19.1. The Morgan fingerprint density at radius 3 is 2.56 bits per heavy atom. The van der Waals surface area contributed by atoms with E-state index < -0.39 is 0 Å². The maximum atomic E-state index is 10.3. The lowest BCUT2D eigenvalue weighted by molar-refractivity contribution is 0.174. The minimum atomic E-state index is -0.277. The molecule has 2 aromatic carbocycles. The van der Waals surface area contributed by atoms with Crippen molar-refractivity contribution in [3.05, 3.63) is 41.5 Å². The van der Waals surface area contributed by atoms with E-state index in [4.69, 9.17) is 9.47 Å². The Bertz CT molecular complexity index is 1010. The fourth-order valence-electron chi connectivity index (χ4n) is 3.10. The SMILES string of the molecule is CC(C)c1cc(-c2nnc(O)n2Cc2ccc3c(c2)OCO3)c(O)cc1O. The maximum absolute atomic E-state index is 10.3. The molecule has 4 rings (SSSR count). The Labute approximate surface area is 155 Å². The number of ether oxygens (including phenoxy) is 2. The van der Waals surface area contributed by atoms with Crippen molar-refractivity contribution in [1.82, 2.24) is 14.8 Å². The molecule has 8 nitrogen and oxygen atoms in total. The molecular formula is C19H19N3O5. The van der Waals surface area contributed by atoms with E-state index >= 15 is 0 Å². The Balaban J connectivity index is 1.75. The first kappa shape index (κ1) is 17.0. The van der Waals surface area contributed by atoms with Crippen LogP contribution in [-0.2, 0) is 6.54 Å². The number of phenols is 2. The molecular weight excluding hydrogens is 350 g/mol. The quantitative estimate of drug-likeness (QED) is 0.648. The van der Waals surface area contributed by atoms with Crippen molar-refractivity contribution < 1.29 is 24.8 Å². The van der Waals surface area contributed by atoms with Crippen LogP contribution in [0.25, 0.3) is 11.4 Å². The fourth-order valence-corrected chi connectivity index (χ4v) is 3.10. The summed E-state index contributed by atoms with van der Waals surface area (Å²) in [6, 6.07) is 8.14. The predicted octanol–water partition coefficient (Wildman–Crippen LogP) is 2.96. The van der Waals surface area contributed by atoms with Crippen LogP contribution in [0.3, 0.4) is 0 Å². The molecule has 8 heteroatoms. The predicted molar refractivity (Wildman–Crippen MR) is 96.2 cm³/mol. The molecule has 0 saturated carbocycles. The summed E-state index contributed by atoms with van der Waals surface area (Å²) in [6.45, 7) is 4.32. The molecule has 1 aliphatic heterocycles. The average Bonchev–Trinajstić information content (AvgIpc) is 3.22. The lowest BCUT2D eigenvalue weighted by Crippen LogP contribution is -2.03. The number of hydrogen-bond donors (Lipinski definition) is 3. The fraction of sp³-hybridized carbons (Fsp3) is 0.263. The molecule has 0 aliphatic carbocycles. The molecule has 0 atom stereocenters. The minimum absolute atomic E-state index is 0.0114. The first-order valence-corrected chi connectivity index (χ1v) is 8.51. The number of phenolic OH excluding ortho intramolecular Hbond substituents is 2. The smallest absolute Gasteiger partial charge is 0.315 e. The van der Waals surface area contributed by atoms with Gasteiger partial charge in [0, 0.05) is 6.07 Å². The lowest BCUT2D eigenvalue weighted by atomic mass is 9.98. The minimum Gasteiger partial charge on any atom is -0.508 e. The largest absolute Gasteiger partial charge is 0.508 e. The molecule has 0 fully saturated rings. The van der Waals surface area contributed by atoms with Gasteiger partial charge in [0.05, 0.1) is 12.1 Å². The number of nitrogens with zero attached hydrogens (tertiary/aromatic N) is 3. The second-order valence-electron chi connectivity index (χ2n) is 6.68. The van der Waals surface area contributed by atoms with Gasteiger partial charge in [0.2, 0.25) is 6.79 Å². The van der Waals surface area contributed by atoms with E-state index in [1.54, 1.807) is 12.1 Å². The number of fused-ring (bicyclic) bond motifs is 1. The molecule has 0 amide bonds. The number of rotatable bonds is 4. The molecule has 140 valence electrons. The Kier molecular flexibility index (Phi) is 4.02. The maximum Gasteiger partial charge on any atom is 0.315 e. The third kappa shape index (κ3) is 2.99.